The van der Waals surface area contributed by atoms with Crippen LogP contribution in [0.15, 0.2) is 48.9 Å². The summed E-state index contributed by atoms with van der Waals surface area (Å²) in [4.78, 5) is 33.3. The number of amides is 2. The fraction of sp³-hybridized carbons (Fsp3) is 0.385. The van der Waals surface area contributed by atoms with Crippen molar-refractivity contribution >= 4 is 28.7 Å². The number of carbonyl (C=O) groups excluding carboxylic acids is 2. The molecular weight excluding hydrogens is 428 g/mol. The van der Waals surface area contributed by atoms with E-state index in [1.165, 1.54) is 5.56 Å². The van der Waals surface area contributed by atoms with Crippen LogP contribution in [0.2, 0.25) is 0 Å². The first-order chi connectivity index (χ1) is 16.5. The van der Waals surface area contributed by atoms with E-state index in [0.717, 1.165) is 41.0 Å². The smallest absolute Gasteiger partial charge is 0.226 e. The average molecular weight is 459 g/mol. The van der Waals surface area contributed by atoms with Crippen molar-refractivity contribution in [2.75, 3.05) is 31.1 Å². The van der Waals surface area contributed by atoms with Crippen molar-refractivity contribution in [2.45, 2.75) is 33.2 Å². The monoisotopic (exact) mass is 458 g/mol. The fourth-order valence-corrected chi connectivity index (χ4v) is 4.58. The zero-order chi connectivity index (χ0) is 23.7. The Morgan fingerprint density at radius 1 is 1.18 bits per heavy atom. The first kappa shape index (κ1) is 22.1. The molecule has 34 heavy (non-hydrogen) atoms. The lowest BCUT2D eigenvalue weighted by Crippen LogP contribution is -2.54. The van der Waals surface area contributed by atoms with E-state index in [1.54, 1.807) is 6.33 Å². The van der Waals surface area contributed by atoms with Gasteiger partial charge >= 0.3 is 0 Å². The van der Waals surface area contributed by atoms with E-state index in [4.69, 9.17) is 0 Å². The van der Waals surface area contributed by atoms with Gasteiger partial charge in [-0.15, -0.1) is 0 Å². The van der Waals surface area contributed by atoms with Gasteiger partial charge in [0.05, 0.1) is 5.92 Å². The van der Waals surface area contributed by atoms with Crippen LogP contribution in [0.4, 0.5) is 5.82 Å². The molecule has 176 valence electrons. The first-order valence-electron chi connectivity index (χ1n) is 11.9. The minimum atomic E-state index is -0.0513. The van der Waals surface area contributed by atoms with Crippen LogP contribution in [-0.2, 0) is 16.1 Å². The predicted molar refractivity (Wildman–Crippen MR) is 131 cm³/mol. The third-order valence-electron chi connectivity index (χ3n) is 6.70. The van der Waals surface area contributed by atoms with Crippen molar-refractivity contribution in [3.8, 4) is 0 Å². The van der Waals surface area contributed by atoms with Crippen LogP contribution >= 0.6 is 0 Å². The molecule has 0 spiro atoms. The first-order valence-corrected chi connectivity index (χ1v) is 11.9. The summed E-state index contributed by atoms with van der Waals surface area (Å²) in [6.07, 6.45) is 7.14. The Balaban J connectivity index is 1.24. The maximum atomic E-state index is 12.6. The molecule has 2 aliphatic rings. The summed E-state index contributed by atoms with van der Waals surface area (Å²) < 4.78 is 1.84. The van der Waals surface area contributed by atoms with Crippen molar-refractivity contribution in [3.63, 3.8) is 0 Å². The number of anilines is 1. The molecule has 2 aromatic heterocycles. The molecule has 0 aliphatic carbocycles. The normalized spacial score (nSPS) is 16.4. The number of benzene rings is 1. The van der Waals surface area contributed by atoms with Crippen molar-refractivity contribution in [2.24, 2.45) is 5.92 Å². The van der Waals surface area contributed by atoms with Crippen LogP contribution in [0.1, 0.15) is 36.5 Å². The lowest BCUT2D eigenvalue weighted by Gasteiger charge is -2.39. The molecule has 1 N–H and O–H groups in total. The number of aromatic nitrogens is 3. The van der Waals surface area contributed by atoms with Crippen LogP contribution in [0, 0.1) is 12.8 Å². The second-order valence-electron chi connectivity index (χ2n) is 9.13. The van der Waals surface area contributed by atoms with Crippen molar-refractivity contribution in [3.05, 3.63) is 65.6 Å². The summed E-state index contributed by atoms with van der Waals surface area (Å²) in [6.45, 7) is 7.16. The molecule has 0 unspecified atom stereocenters. The molecule has 0 saturated carbocycles. The highest BCUT2D eigenvalue weighted by Gasteiger charge is 2.34. The molecule has 2 aliphatic heterocycles. The van der Waals surface area contributed by atoms with Gasteiger partial charge < -0.3 is 15.1 Å². The summed E-state index contributed by atoms with van der Waals surface area (Å²) in [5.74, 6) is 1.04. The molecular formula is C26H30N6O2. The number of rotatable bonds is 6. The molecule has 1 fully saturated rings. The van der Waals surface area contributed by atoms with Crippen molar-refractivity contribution in [1.82, 2.24) is 24.8 Å². The molecule has 4 heterocycles. The van der Waals surface area contributed by atoms with Crippen LogP contribution in [0.5, 0.6) is 0 Å². The number of nitrogens with zero attached hydrogens (tertiary/aromatic N) is 5. The highest BCUT2D eigenvalue weighted by molar-refractivity contribution is 5.85. The predicted octanol–water partition coefficient (Wildman–Crippen LogP) is 2.82. The molecule has 1 aromatic carbocycles. The number of carbonyl (C=O) groups is 2. The summed E-state index contributed by atoms with van der Waals surface area (Å²) in [7, 11) is 0. The van der Waals surface area contributed by atoms with E-state index in [-0.39, 0.29) is 17.7 Å². The molecule has 0 radical (unpaired) electrons. The minimum Gasteiger partial charge on any atom is -0.353 e. The zero-order valence-corrected chi connectivity index (χ0v) is 19.7. The van der Waals surface area contributed by atoms with E-state index in [1.807, 2.05) is 34.7 Å². The maximum Gasteiger partial charge on any atom is 0.226 e. The van der Waals surface area contributed by atoms with Crippen LogP contribution in [-0.4, -0.2) is 57.5 Å². The molecule has 0 bridgehead atoms. The zero-order valence-electron chi connectivity index (χ0n) is 19.7. The Morgan fingerprint density at radius 2 is 1.97 bits per heavy atom. The Morgan fingerprint density at radius 3 is 2.74 bits per heavy atom. The maximum absolute atomic E-state index is 12.6. The van der Waals surface area contributed by atoms with Gasteiger partial charge in [-0.05, 0) is 36.1 Å². The average Bonchev–Trinajstić information content (AvgIpc) is 3.28. The summed E-state index contributed by atoms with van der Waals surface area (Å²) in [5.41, 5.74) is 5.42. The molecule has 3 aromatic rings. The Labute approximate surface area is 199 Å². The van der Waals surface area contributed by atoms with E-state index in [9.17, 15) is 9.59 Å². The van der Waals surface area contributed by atoms with Crippen LogP contribution in [0.25, 0.3) is 11.1 Å². The van der Waals surface area contributed by atoms with Gasteiger partial charge in [0, 0.05) is 45.3 Å². The van der Waals surface area contributed by atoms with Crippen LogP contribution < -0.4 is 10.2 Å². The van der Waals surface area contributed by atoms with Gasteiger partial charge in [-0.1, -0.05) is 42.8 Å². The van der Waals surface area contributed by atoms with Gasteiger partial charge in [0.2, 0.25) is 11.8 Å². The van der Waals surface area contributed by atoms with Crippen molar-refractivity contribution < 1.29 is 9.59 Å². The van der Waals surface area contributed by atoms with Gasteiger partial charge in [-0.25, -0.2) is 9.50 Å². The van der Waals surface area contributed by atoms with E-state index >= 15 is 0 Å². The Kier molecular flexibility index (Phi) is 6.04. The fourth-order valence-electron chi connectivity index (χ4n) is 4.58. The second kappa shape index (κ2) is 9.29. The lowest BCUT2D eigenvalue weighted by atomic mass is 9.98. The molecule has 5 rings (SSSR count). The number of nitrogens with one attached hydrogen (secondary N) is 1. The second-order valence-corrected chi connectivity index (χ2v) is 9.13. The van der Waals surface area contributed by atoms with Crippen molar-refractivity contribution in [1.29, 1.82) is 0 Å². The van der Waals surface area contributed by atoms with Crippen LogP contribution in [0.3, 0.4) is 0 Å². The number of aryl methyl sites for hydroxylation is 1. The topological polar surface area (TPSA) is 82.8 Å². The number of hydrogen-bond donors (Lipinski definition) is 1. The third-order valence-corrected chi connectivity index (χ3v) is 6.70. The quantitative estimate of drug-likeness (QED) is 0.614. The molecule has 1 saturated heterocycles. The third kappa shape index (κ3) is 4.40. The Hall–Kier alpha value is -3.68. The standard InChI is InChI=1S/C26H30N6O2/c1-3-24(33)30-10-4-5-20(13-30)21-11-23-25(28-17-29-32(23)16-21)31-14-22(15-31)26(34)27-12-19-8-6-18(2)7-9-19/h5-9,11,16-17,22H,3-4,10,12-15H2,1-2H3,(H,27,34). The summed E-state index contributed by atoms with van der Waals surface area (Å²) in [5, 5.41) is 7.44. The van der Waals surface area contributed by atoms with E-state index in [0.29, 0.717) is 32.6 Å². The van der Waals surface area contributed by atoms with Gasteiger partial charge in [-0.2, -0.15) is 5.10 Å². The molecule has 8 heteroatoms. The van der Waals surface area contributed by atoms with Gasteiger partial charge in [0.1, 0.15) is 11.8 Å². The number of fused-ring (bicyclic) bond motifs is 1. The Bertz CT molecular complexity index is 1240. The highest BCUT2D eigenvalue weighted by atomic mass is 16.2. The van der Waals surface area contributed by atoms with Gasteiger partial charge in [-0.3, -0.25) is 9.59 Å². The molecule has 2 amide bonds. The number of hydrogen-bond acceptors (Lipinski definition) is 5. The molecule has 8 nitrogen and oxygen atoms in total. The summed E-state index contributed by atoms with van der Waals surface area (Å²) in [6, 6.07) is 10.3. The highest BCUT2D eigenvalue weighted by Crippen LogP contribution is 2.30. The van der Waals surface area contributed by atoms with E-state index < -0.39 is 0 Å². The van der Waals surface area contributed by atoms with Gasteiger partial charge in [0.15, 0.2) is 5.82 Å². The largest absolute Gasteiger partial charge is 0.353 e. The SMILES string of the molecule is CCC(=O)N1CCC=C(c2cc3c(N4CC(C(=O)NCc5ccc(C)cc5)C4)ncnn3c2)C1. The summed E-state index contributed by atoms with van der Waals surface area (Å²) >= 11 is 0. The van der Waals surface area contributed by atoms with E-state index in [2.05, 4.69) is 51.5 Å². The van der Waals surface area contributed by atoms with Gasteiger partial charge in [0.25, 0.3) is 0 Å². The molecule has 0 atom stereocenters. The minimum absolute atomic E-state index is 0.0513. The lowest BCUT2D eigenvalue weighted by molar-refractivity contribution is -0.130.